The number of nitrogens with one attached hydrogen (secondary N) is 1. The summed E-state index contributed by atoms with van der Waals surface area (Å²) in [5.74, 6) is 2.53. The van der Waals surface area contributed by atoms with Gasteiger partial charge in [0.05, 0.1) is 0 Å². The number of nitrogens with zero attached hydrogens (tertiary/aromatic N) is 1. The van der Waals surface area contributed by atoms with E-state index < -0.39 is 0 Å². The summed E-state index contributed by atoms with van der Waals surface area (Å²) in [6.45, 7) is 3.86. The van der Waals surface area contributed by atoms with Crippen LogP contribution >= 0.6 is 11.3 Å². The van der Waals surface area contributed by atoms with E-state index in [-0.39, 0.29) is 6.03 Å². The maximum Gasteiger partial charge on any atom is 0.317 e. The third-order valence-electron chi connectivity index (χ3n) is 5.88. The first-order valence-electron chi connectivity index (χ1n) is 8.31. The molecule has 1 aromatic rings. The van der Waals surface area contributed by atoms with Gasteiger partial charge in [0.25, 0.3) is 0 Å². The van der Waals surface area contributed by atoms with Crippen LogP contribution in [0.3, 0.4) is 0 Å². The van der Waals surface area contributed by atoms with Crippen molar-refractivity contribution in [1.82, 2.24) is 10.2 Å². The van der Waals surface area contributed by atoms with E-state index >= 15 is 0 Å². The lowest BCUT2D eigenvalue weighted by molar-refractivity contribution is 0.178. The number of amides is 2. The van der Waals surface area contributed by atoms with Gasteiger partial charge in [-0.1, -0.05) is 6.42 Å². The zero-order valence-electron chi connectivity index (χ0n) is 12.7. The average molecular weight is 304 g/mol. The van der Waals surface area contributed by atoms with Crippen molar-refractivity contribution in [3.8, 4) is 0 Å². The molecule has 2 bridgehead atoms. The maximum absolute atomic E-state index is 12.5. The predicted octanol–water partition coefficient (Wildman–Crippen LogP) is 3.64. The molecule has 4 rings (SSSR count). The lowest BCUT2D eigenvalue weighted by Gasteiger charge is -2.32. The van der Waals surface area contributed by atoms with Crippen molar-refractivity contribution in [2.24, 2.45) is 17.8 Å². The van der Waals surface area contributed by atoms with Crippen molar-refractivity contribution in [3.63, 3.8) is 0 Å². The predicted molar refractivity (Wildman–Crippen MR) is 85.4 cm³/mol. The molecule has 3 nitrogen and oxygen atoms in total. The zero-order valence-corrected chi connectivity index (χ0v) is 13.5. The lowest BCUT2D eigenvalue weighted by atomic mass is 9.84. The van der Waals surface area contributed by atoms with Crippen molar-refractivity contribution >= 4 is 17.4 Å². The molecule has 2 aliphatic carbocycles. The fourth-order valence-electron chi connectivity index (χ4n) is 4.72. The third kappa shape index (κ3) is 2.48. The second-order valence-corrected chi connectivity index (χ2v) is 8.12. The highest BCUT2D eigenvalue weighted by Gasteiger charge is 2.42. The Balaban J connectivity index is 1.36. The molecule has 1 aliphatic heterocycles. The van der Waals surface area contributed by atoms with Gasteiger partial charge >= 0.3 is 6.03 Å². The van der Waals surface area contributed by atoms with Gasteiger partial charge in [-0.25, -0.2) is 4.79 Å². The van der Waals surface area contributed by atoms with Gasteiger partial charge in [-0.15, -0.1) is 11.3 Å². The minimum atomic E-state index is 0.141. The van der Waals surface area contributed by atoms with Gasteiger partial charge in [0, 0.05) is 24.0 Å². The Labute approximate surface area is 130 Å². The highest BCUT2D eigenvalue weighted by molar-refractivity contribution is 7.10. The fraction of sp³-hybridized carbons (Fsp3) is 0.706. The van der Waals surface area contributed by atoms with E-state index in [0.717, 1.165) is 31.3 Å². The highest BCUT2D eigenvalue weighted by atomic mass is 32.1. The monoisotopic (exact) mass is 304 g/mol. The molecule has 0 saturated heterocycles. The van der Waals surface area contributed by atoms with Gasteiger partial charge in [0.2, 0.25) is 0 Å². The molecule has 2 amide bonds. The van der Waals surface area contributed by atoms with Gasteiger partial charge in [0.15, 0.2) is 0 Å². The summed E-state index contributed by atoms with van der Waals surface area (Å²) in [6.07, 6.45) is 6.57. The molecular weight excluding hydrogens is 280 g/mol. The summed E-state index contributed by atoms with van der Waals surface area (Å²) >= 11 is 1.82. The molecule has 21 heavy (non-hydrogen) atoms. The molecule has 2 fully saturated rings. The Bertz CT molecular complexity index is 541. The molecule has 0 radical (unpaired) electrons. The van der Waals surface area contributed by atoms with Crippen molar-refractivity contribution in [1.29, 1.82) is 0 Å². The smallest absolute Gasteiger partial charge is 0.317 e. The Morgan fingerprint density at radius 2 is 2.33 bits per heavy atom. The number of carbonyl (C=O) groups excluding carboxylic acids is 1. The number of urea groups is 1. The van der Waals surface area contributed by atoms with Crippen LogP contribution in [0.1, 0.15) is 43.0 Å². The van der Waals surface area contributed by atoms with Crippen LogP contribution in [0.5, 0.6) is 0 Å². The number of carbonyl (C=O) groups is 1. The molecule has 4 atom stereocenters. The van der Waals surface area contributed by atoms with Crippen LogP contribution in [0.2, 0.25) is 0 Å². The molecule has 2 saturated carbocycles. The van der Waals surface area contributed by atoms with Crippen LogP contribution in [-0.2, 0) is 13.0 Å². The van der Waals surface area contributed by atoms with Crippen LogP contribution in [0.25, 0.3) is 0 Å². The molecule has 0 unspecified atom stereocenters. The summed E-state index contributed by atoms with van der Waals surface area (Å²) in [6, 6.07) is 2.64. The lowest BCUT2D eigenvalue weighted by Crippen LogP contribution is -2.48. The van der Waals surface area contributed by atoms with E-state index in [1.54, 1.807) is 0 Å². The van der Waals surface area contributed by atoms with Crippen LogP contribution < -0.4 is 5.32 Å². The third-order valence-corrected chi connectivity index (χ3v) is 6.90. The van der Waals surface area contributed by atoms with E-state index in [9.17, 15) is 4.79 Å². The van der Waals surface area contributed by atoms with Gasteiger partial charge in [-0.05, 0) is 67.4 Å². The minimum absolute atomic E-state index is 0.141. The Hall–Kier alpha value is -1.03. The van der Waals surface area contributed by atoms with Crippen molar-refractivity contribution in [2.45, 2.75) is 51.6 Å². The fourth-order valence-corrected chi connectivity index (χ4v) is 5.61. The number of thiophene rings is 1. The molecule has 3 aliphatic rings. The second kappa shape index (κ2) is 5.31. The van der Waals surface area contributed by atoms with E-state index in [2.05, 4.69) is 23.7 Å². The molecular formula is C17H24N2OS. The SMILES string of the molecule is C[C@@H](NC(=O)N1CCc2sccc2C1)[C@@H]1C[C@H]2CC[C@H]1C2. The first-order chi connectivity index (χ1) is 10.2. The number of fused-ring (bicyclic) bond motifs is 3. The van der Waals surface area contributed by atoms with Crippen molar-refractivity contribution in [2.75, 3.05) is 6.54 Å². The quantitative estimate of drug-likeness (QED) is 0.889. The van der Waals surface area contributed by atoms with Crippen molar-refractivity contribution in [3.05, 3.63) is 21.9 Å². The van der Waals surface area contributed by atoms with Crippen LogP contribution in [0, 0.1) is 17.8 Å². The van der Waals surface area contributed by atoms with Gasteiger partial charge < -0.3 is 10.2 Å². The van der Waals surface area contributed by atoms with Crippen LogP contribution in [-0.4, -0.2) is 23.5 Å². The average Bonchev–Trinajstić information content (AvgIpc) is 3.21. The largest absolute Gasteiger partial charge is 0.335 e. The second-order valence-electron chi connectivity index (χ2n) is 7.12. The van der Waals surface area contributed by atoms with Gasteiger partial charge in [-0.3, -0.25) is 0 Å². The molecule has 4 heteroatoms. The molecule has 2 heterocycles. The van der Waals surface area contributed by atoms with Gasteiger partial charge in [-0.2, -0.15) is 0 Å². The first-order valence-corrected chi connectivity index (χ1v) is 9.19. The molecule has 114 valence electrons. The Morgan fingerprint density at radius 1 is 1.43 bits per heavy atom. The van der Waals surface area contributed by atoms with E-state index in [4.69, 9.17) is 0 Å². The topological polar surface area (TPSA) is 32.3 Å². The zero-order chi connectivity index (χ0) is 14.4. The summed E-state index contributed by atoms with van der Waals surface area (Å²) in [7, 11) is 0. The normalized spacial score (nSPS) is 32.0. The van der Waals surface area contributed by atoms with E-state index in [1.165, 1.54) is 36.1 Å². The number of rotatable bonds is 2. The van der Waals surface area contributed by atoms with E-state index in [0.29, 0.717) is 12.0 Å². The highest BCUT2D eigenvalue weighted by Crippen LogP contribution is 2.49. The molecule has 1 aromatic heterocycles. The summed E-state index contributed by atoms with van der Waals surface area (Å²) < 4.78 is 0. The Kier molecular flexibility index (Phi) is 3.44. The number of hydrogen-bond donors (Lipinski definition) is 1. The van der Waals surface area contributed by atoms with Crippen LogP contribution in [0.15, 0.2) is 11.4 Å². The minimum Gasteiger partial charge on any atom is -0.335 e. The molecule has 1 N–H and O–H groups in total. The van der Waals surface area contributed by atoms with Gasteiger partial charge in [0.1, 0.15) is 0 Å². The van der Waals surface area contributed by atoms with Crippen LogP contribution in [0.4, 0.5) is 4.79 Å². The summed E-state index contributed by atoms with van der Waals surface area (Å²) in [5, 5.41) is 5.43. The van der Waals surface area contributed by atoms with Crippen molar-refractivity contribution < 1.29 is 4.79 Å². The molecule has 0 spiro atoms. The maximum atomic E-state index is 12.5. The number of hydrogen-bond acceptors (Lipinski definition) is 2. The Morgan fingerprint density at radius 3 is 3.10 bits per heavy atom. The van der Waals surface area contributed by atoms with E-state index in [1.807, 2.05) is 16.2 Å². The molecule has 0 aromatic carbocycles. The standard InChI is InChI=1S/C17H24N2OS/c1-11(15-9-12-2-3-13(15)8-12)18-17(20)19-6-4-16-14(10-19)5-7-21-16/h5,7,11-13,15H,2-4,6,8-10H2,1H3,(H,18,20)/t11-,12+,13+,15+/m1/s1. The summed E-state index contributed by atoms with van der Waals surface area (Å²) in [5.41, 5.74) is 1.34. The summed E-state index contributed by atoms with van der Waals surface area (Å²) in [4.78, 5) is 16.0. The first kappa shape index (κ1) is 13.6.